The van der Waals surface area contributed by atoms with E-state index < -0.39 is 0 Å². The Balaban J connectivity index is 2.27. The van der Waals surface area contributed by atoms with E-state index in [0.29, 0.717) is 0 Å². The Hall–Kier alpha value is 0. The van der Waals surface area contributed by atoms with Gasteiger partial charge in [0.15, 0.2) is 0 Å². The molecule has 1 saturated carbocycles. The molecule has 0 spiro atoms. The molecule has 1 rings (SSSR count). The van der Waals surface area contributed by atoms with E-state index in [9.17, 15) is 0 Å². The van der Waals surface area contributed by atoms with Crippen LogP contribution in [0.4, 0.5) is 0 Å². The standard InChI is InChI=1S/C11H22/c1-4-10(3)11-7-5-9(2)6-8-11/h9-11H,4-8H2,1-3H3/t9?,10-,11?/m0/s1. The van der Waals surface area contributed by atoms with E-state index in [1.54, 1.807) is 0 Å². The van der Waals surface area contributed by atoms with Gasteiger partial charge in [-0.1, -0.05) is 40.0 Å². The van der Waals surface area contributed by atoms with E-state index in [1.807, 2.05) is 0 Å². The van der Waals surface area contributed by atoms with Crippen molar-refractivity contribution in [3.05, 3.63) is 0 Å². The third-order valence-corrected chi connectivity index (χ3v) is 3.51. The summed E-state index contributed by atoms with van der Waals surface area (Å²) in [7, 11) is 0. The van der Waals surface area contributed by atoms with Crippen molar-refractivity contribution < 1.29 is 0 Å². The van der Waals surface area contributed by atoms with Gasteiger partial charge in [0.1, 0.15) is 0 Å². The maximum absolute atomic E-state index is 2.42. The maximum atomic E-state index is 2.42. The molecule has 0 aromatic rings. The fourth-order valence-corrected chi connectivity index (χ4v) is 2.19. The summed E-state index contributed by atoms with van der Waals surface area (Å²) in [6, 6.07) is 0. The van der Waals surface area contributed by atoms with Crippen molar-refractivity contribution >= 4 is 0 Å². The van der Waals surface area contributed by atoms with Crippen LogP contribution < -0.4 is 0 Å². The van der Waals surface area contributed by atoms with E-state index in [-0.39, 0.29) is 0 Å². The normalized spacial score (nSPS) is 35.2. The Bertz CT molecular complexity index is 98.6. The summed E-state index contributed by atoms with van der Waals surface area (Å²) in [6.07, 6.45) is 7.33. The topological polar surface area (TPSA) is 0 Å². The van der Waals surface area contributed by atoms with Crippen LogP contribution in [0.1, 0.15) is 52.9 Å². The summed E-state index contributed by atoms with van der Waals surface area (Å²) in [6.45, 7) is 7.14. The molecule has 0 nitrogen and oxygen atoms in total. The van der Waals surface area contributed by atoms with Crippen LogP contribution in [0.25, 0.3) is 0 Å². The van der Waals surface area contributed by atoms with Crippen molar-refractivity contribution in [3.63, 3.8) is 0 Å². The average Bonchev–Trinajstić information content (AvgIpc) is 2.05. The third-order valence-electron chi connectivity index (χ3n) is 3.51. The first-order valence-corrected chi connectivity index (χ1v) is 5.24. The van der Waals surface area contributed by atoms with Gasteiger partial charge in [-0.15, -0.1) is 0 Å². The van der Waals surface area contributed by atoms with Crippen LogP contribution in [0.15, 0.2) is 0 Å². The number of rotatable bonds is 2. The van der Waals surface area contributed by atoms with Gasteiger partial charge in [0.2, 0.25) is 0 Å². The first kappa shape index (κ1) is 9.09. The van der Waals surface area contributed by atoms with Crippen molar-refractivity contribution in [2.75, 3.05) is 0 Å². The Morgan fingerprint density at radius 2 is 1.73 bits per heavy atom. The lowest BCUT2D eigenvalue weighted by Gasteiger charge is -2.30. The molecule has 1 aliphatic rings. The van der Waals surface area contributed by atoms with Crippen molar-refractivity contribution in [2.45, 2.75) is 52.9 Å². The molecule has 11 heavy (non-hydrogen) atoms. The molecule has 0 heteroatoms. The lowest BCUT2D eigenvalue weighted by atomic mass is 9.76. The lowest BCUT2D eigenvalue weighted by molar-refractivity contribution is 0.219. The Morgan fingerprint density at radius 1 is 1.18 bits per heavy atom. The predicted molar refractivity (Wildman–Crippen MR) is 50.6 cm³/mol. The van der Waals surface area contributed by atoms with Crippen LogP contribution in [0.5, 0.6) is 0 Å². The van der Waals surface area contributed by atoms with Crippen molar-refractivity contribution in [3.8, 4) is 0 Å². The first-order chi connectivity index (χ1) is 5.24. The molecule has 0 saturated heterocycles. The van der Waals surface area contributed by atoms with Crippen molar-refractivity contribution in [1.29, 1.82) is 0 Å². The molecule has 0 aromatic heterocycles. The highest BCUT2D eigenvalue weighted by atomic mass is 14.3. The summed E-state index contributed by atoms with van der Waals surface area (Å²) >= 11 is 0. The second-order valence-corrected chi connectivity index (χ2v) is 4.41. The monoisotopic (exact) mass is 154 g/mol. The van der Waals surface area contributed by atoms with Crippen molar-refractivity contribution in [2.24, 2.45) is 17.8 Å². The molecule has 0 amide bonds. The average molecular weight is 154 g/mol. The number of hydrogen-bond acceptors (Lipinski definition) is 0. The molecule has 0 unspecified atom stereocenters. The molecule has 0 aliphatic heterocycles. The summed E-state index contributed by atoms with van der Waals surface area (Å²) in [5.41, 5.74) is 0. The second kappa shape index (κ2) is 4.13. The van der Waals surface area contributed by atoms with Gasteiger partial charge in [-0.25, -0.2) is 0 Å². The molecule has 1 atom stereocenters. The van der Waals surface area contributed by atoms with Gasteiger partial charge in [0.25, 0.3) is 0 Å². The van der Waals surface area contributed by atoms with E-state index >= 15 is 0 Å². The molecule has 0 radical (unpaired) electrons. The van der Waals surface area contributed by atoms with E-state index in [0.717, 1.165) is 17.8 Å². The van der Waals surface area contributed by atoms with E-state index in [1.165, 1.54) is 32.1 Å². The fourth-order valence-electron chi connectivity index (χ4n) is 2.19. The summed E-state index contributed by atoms with van der Waals surface area (Å²) < 4.78 is 0. The fraction of sp³-hybridized carbons (Fsp3) is 1.00. The van der Waals surface area contributed by atoms with Crippen LogP contribution in [-0.2, 0) is 0 Å². The molecular formula is C11H22. The molecule has 1 fully saturated rings. The van der Waals surface area contributed by atoms with Gasteiger partial charge in [-0.2, -0.15) is 0 Å². The van der Waals surface area contributed by atoms with E-state index in [2.05, 4.69) is 20.8 Å². The zero-order valence-corrected chi connectivity index (χ0v) is 8.27. The van der Waals surface area contributed by atoms with E-state index in [4.69, 9.17) is 0 Å². The Morgan fingerprint density at radius 3 is 2.18 bits per heavy atom. The zero-order chi connectivity index (χ0) is 8.27. The molecule has 0 heterocycles. The lowest BCUT2D eigenvalue weighted by Crippen LogP contribution is -2.18. The summed E-state index contributed by atoms with van der Waals surface area (Å²) in [4.78, 5) is 0. The molecule has 1 aliphatic carbocycles. The second-order valence-electron chi connectivity index (χ2n) is 4.41. The predicted octanol–water partition coefficient (Wildman–Crippen LogP) is 3.86. The van der Waals surface area contributed by atoms with Gasteiger partial charge in [0.05, 0.1) is 0 Å². The molecule has 0 aromatic carbocycles. The Kier molecular flexibility index (Phi) is 3.42. The largest absolute Gasteiger partial charge is 0.0651 e. The SMILES string of the molecule is CC[C@H](C)C1CCC(C)CC1. The van der Waals surface area contributed by atoms with Crippen LogP contribution in [-0.4, -0.2) is 0 Å². The third kappa shape index (κ3) is 2.50. The van der Waals surface area contributed by atoms with Crippen molar-refractivity contribution in [1.82, 2.24) is 0 Å². The zero-order valence-electron chi connectivity index (χ0n) is 8.27. The summed E-state index contributed by atoms with van der Waals surface area (Å²) in [5, 5.41) is 0. The minimum Gasteiger partial charge on any atom is -0.0651 e. The molecule has 0 N–H and O–H groups in total. The quantitative estimate of drug-likeness (QED) is 0.566. The molecular weight excluding hydrogens is 132 g/mol. The molecule has 66 valence electrons. The van der Waals surface area contributed by atoms with Crippen LogP contribution in [0.3, 0.4) is 0 Å². The highest BCUT2D eigenvalue weighted by Gasteiger charge is 2.21. The maximum Gasteiger partial charge on any atom is -0.0388 e. The minimum absolute atomic E-state index is 0.975. The van der Waals surface area contributed by atoms with Crippen LogP contribution in [0, 0.1) is 17.8 Å². The minimum atomic E-state index is 0.975. The number of hydrogen-bond donors (Lipinski definition) is 0. The van der Waals surface area contributed by atoms with Crippen LogP contribution >= 0.6 is 0 Å². The van der Waals surface area contributed by atoms with Gasteiger partial charge < -0.3 is 0 Å². The van der Waals surface area contributed by atoms with Gasteiger partial charge in [-0.3, -0.25) is 0 Å². The van der Waals surface area contributed by atoms with Gasteiger partial charge in [0, 0.05) is 0 Å². The van der Waals surface area contributed by atoms with Gasteiger partial charge >= 0.3 is 0 Å². The molecule has 0 bridgehead atoms. The Labute approximate surface area is 71.4 Å². The first-order valence-electron chi connectivity index (χ1n) is 5.24. The highest BCUT2D eigenvalue weighted by molar-refractivity contribution is 4.73. The highest BCUT2D eigenvalue weighted by Crippen LogP contribution is 2.33. The summed E-state index contributed by atoms with van der Waals surface area (Å²) in [5.74, 6) is 3.04. The smallest absolute Gasteiger partial charge is 0.0388 e. The van der Waals surface area contributed by atoms with Gasteiger partial charge in [-0.05, 0) is 30.6 Å². The van der Waals surface area contributed by atoms with Crippen LogP contribution in [0.2, 0.25) is 0 Å².